The lowest BCUT2D eigenvalue weighted by atomic mass is 9.90. The Morgan fingerprint density at radius 2 is 1.72 bits per heavy atom. The first kappa shape index (κ1) is 15.0. The number of carbonyl (C=O) groups is 3. The summed E-state index contributed by atoms with van der Waals surface area (Å²) in [5, 5.41) is 16.5. The molecule has 0 radical (unpaired) electrons. The maximum absolute atomic E-state index is 11.9. The van der Waals surface area contributed by atoms with E-state index in [1.807, 2.05) is 0 Å². The fourth-order valence-corrected chi connectivity index (χ4v) is 3.11. The molecule has 1 unspecified atom stereocenters. The van der Waals surface area contributed by atoms with Crippen LogP contribution in [0.15, 0.2) is 0 Å². The maximum atomic E-state index is 11.9. The third-order valence-corrected chi connectivity index (χ3v) is 4.38. The van der Waals surface area contributed by atoms with E-state index in [9.17, 15) is 14.4 Å². The maximum Gasteiger partial charge on any atom is 0.317 e. The summed E-state index contributed by atoms with van der Waals surface area (Å²) in [4.78, 5) is 33.3. The molecule has 102 valence electrons. The molecule has 0 amide bonds. The SMILES string of the molecule is O=C(O)CCC(SC(=O)C1CCCCC1)C(=O)O. The summed E-state index contributed by atoms with van der Waals surface area (Å²) in [6.45, 7) is 0. The first-order valence-electron chi connectivity index (χ1n) is 6.16. The van der Waals surface area contributed by atoms with Gasteiger partial charge in [-0.25, -0.2) is 0 Å². The van der Waals surface area contributed by atoms with Gasteiger partial charge in [0.1, 0.15) is 5.25 Å². The topological polar surface area (TPSA) is 91.7 Å². The Bertz CT molecular complexity index is 322. The van der Waals surface area contributed by atoms with Crippen molar-refractivity contribution in [3.63, 3.8) is 0 Å². The fourth-order valence-electron chi connectivity index (χ4n) is 2.06. The first-order valence-corrected chi connectivity index (χ1v) is 7.03. The third-order valence-electron chi connectivity index (χ3n) is 3.09. The van der Waals surface area contributed by atoms with Crippen molar-refractivity contribution >= 4 is 28.8 Å². The minimum atomic E-state index is -1.11. The van der Waals surface area contributed by atoms with Crippen molar-refractivity contribution in [1.82, 2.24) is 0 Å². The van der Waals surface area contributed by atoms with Crippen LogP contribution in [0.1, 0.15) is 44.9 Å². The number of carboxylic acid groups (broad SMARTS) is 2. The summed E-state index contributed by atoms with van der Waals surface area (Å²) in [6, 6.07) is 0. The Morgan fingerprint density at radius 1 is 1.11 bits per heavy atom. The average molecular weight is 274 g/mol. The van der Waals surface area contributed by atoms with Gasteiger partial charge in [-0.15, -0.1) is 0 Å². The Morgan fingerprint density at radius 3 is 2.22 bits per heavy atom. The van der Waals surface area contributed by atoms with Crippen molar-refractivity contribution in [2.24, 2.45) is 5.92 Å². The fraction of sp³-hybridized carbons (Fsp3) is 0.750. The van der Waals surface area contributed by atoms with Gasteiger partial charge in [0.15, 0.2) is 5.12 Å². The van der Waals surface area contributed by atoms with Crippen LogP contribution in [-0.4, -0.2) is 32.5 Å². The van der Waals surface area contributed by atoms with Gasteiger partial charge in [-0.3, -0.25) is 14.4 Å². The molecule has 2 N–H and O–H groups in total. The predicted octanol–water partition coefficient (Wildman–Crippen LogP) is 2.14. The zero-order valence-electron chi connectivity index (χ0n) is 10.1. The van der Waals surface area contributed by atoms with E-state index in [-0.39, 0.29) is 23.9 Å². The average Bonchev–Trinajstić information content (AvgIpc) is 2.34. The molecule has 0 aromatic heterocycles. The van der Waals surface area contributed by atoms with Crippen molar-refractivity contribution in [2.75, 3.05) is 0 Å². The molecule has 1 atom stereocenters. The van der Waals surface area contributed by atoms with Gasteiger partial charge >= 0.3 is 11.9 Å². The van der Waals surface area contributed by atoms with Crippen molar-refractivity contribution < 1.29 is 24.6 Å². The van der Waals surface area contributed by atoms with E-state index in [1.54, 1.807) is 0 Å². The third kappa shape index (κ3) is 5.08. The molecule has 1 aliphatic rings. The largest absolute Gasteiger partial charge is 0.481 e. The summed E-state index contributed by atoms with van der Waals surface area (Å²) in [5.74, 6) is -2.19. The molecule has 5 nitrogen and oxygen atoms in total. The Balaban J connectivity index is 2.46. The number of rotatable bonds is 6. The molecule has 0 aromatic carbocycles. The second-order valence-electron chi connectivity index (χ2n) is 4.53. The molecule has 0 aliphatic heterocycles. The van der Waals surface area contributed by atoms with Crippen LogP contribution < -0.4 is 0 Å². The van der Waals surface area contributed by atoms with E-state index in [2.05, 4.69) is 0 Å². The first-order chi connectivity index (χ1) is 8.50. The number of hydrogen-bond acceptors (Lipinski definition) is 4. The van der Waals surface area contributed by atoms with Crippen LogP contribution in [-0.2, 0) is 14.4 Å². The number of thioether (sulfide) groups is 1. The standard InChI is InChI=1S/C12H18O5S/c13-10(14)7-6-9(11(15)16)18-12(17)8-4-2-1-3-5-8/h8-9H,1-7H2,(H,13,14)(H,15,16). The van der Waals surface area contributed by atoms with Gasteiger partial charge in [0.05, 0.1) is 0 Å². The highest BCUT2D eigenvalue weighted by molar-refractivity contribution is 8.14. The lowest BCUT2D eigenvalue weighted by Crippen LogP contribution is -2.23. The number of carboxylic acids is 2. The van der Waals surface area contributed by atoms with Gasteiger partial charge in [-0.05, 0) is 19.3 Å². The highest BCUT2D eigenvalue weighted by Gasteiger charge is 2.28. The lowest BCUT2D eigenvalue weighted by Gasteiger charge is -2.21. The predicted molar refractivity (Wildman–Crippen MR) is 67.5 cm³/mol. The Hall–Kier alpha value is -1.04. The molecule has 1 aliphatic carbocycles. The van der Waals surface area contributed by atoms with Crippen LogP contribution in [0.25, 0.3) is 0 Å². The summed E-state index contributed by atoms with van der Waals surface area (Å²) >= 11 is 0.800. The second kappa shape index (κ2) is 7.41. The molecule has 6 heteroatoms. The van der Waals surface area contributed by atoms with E-state index in [0.717, 1.165) is 43.9 Å². The van der Waals surface area contributed by atoms with E-state index >= 15 is 0 Å². The lowest BCUT2D eigenvalue weighted by molar-refractivity contribution is -0.138. The minimum Gasteiger partial charge on any atom is -0.481 e. The molecule has 1 fully saturated rings. The van der Waals surface area contributed by atoms with E-state index in [4.69, 9.17) is 10.2 Å². The second-order valence-corrected chi connectivity index (χ2v) is 5.74. The number of aliphatic carboxylic acids is 2. The Labute approximate surface area is 110 Å². The van der Waals surface area contributed by atoms with E-state index < -0.39 is 17.2 Å². The molecule has 0 saturated heterocycles. The number of hydrogen-bond donors (Lipinski definition) is 2. The number of carbonyl (C=O) groups excluding carboxylic acids is 1. The summed E-state index contributed by atoms with van der Waals surface area (Å²) in [5.41, 5.74) is 0. The zero-order chi connectivity index (χ0) is 13.5. The van der Waals surface area contributed by atoms with E-state index in [0.29, 0.717) is 0 Å². The molecule has 0 heterocycles. The monoisotopic (exact) mass is 274 g/mol. The van der Waals surface area contributed by atoms with Crippen LogP contribution >= 0.6 is 11.8 Å². The molecule has 0 aromatic rings. The normalized spacial score (nSPS) is 18.2. The zero-order valence-corrected chi connectivity index (χ0v) is 10.9. The van der Waals surface area contributed by atoms with Gasteiger partial charge in [0.2, 0.25) is 0 Å². The van der Waals surface area contributed by atoms with Crippen LogP contribution in [0.4, 0.5) is 0 Å². The van der Waals surface area contributed by atoms with Crippen molar-refractivity contribution in [3.05, 3.63) is 0 Å². The molecule has 1 rings (SSSR count). The summed E-state index contributed by atoms with van der Waals surface area (Å²) in [6.07, 6.45) is 4.60. The molecule has 0 spiro atoms. The molecular weight excluding hydrogens is 256 g/mol. The molecular formula is C12H18O5S. The van der Waals surface area contributed by atoms with Crippen molar-refractivity contribution in [1.29, 1.82) is 0 Å². The molecule has 0 bridgehead atoms. The summed E-state index contributed by atoms with van der Waals surface area (Å²) in [7, 11) is 0. The van der Waals surface area contributed by atoms with Gasteiger partial charge < -0.3 is 10.2 Å². The van der Waals surface area contributed by atoms with Crippen molar-refractivity contribution in [3.8, 4) is 0 Å². The van der Waals surface area contributed by atoms with Gasteiger partial charge in [0, 0.05) is 12.3 Å². The minimum absolute atomic E-state index is 0.00616. The van der Waals surface area contributed by atoms with Gasteiger partial charge in [-0.2, -0.15) is 0 Å². The highest BCUT2D eigenvalue weighted by Crippen LogP contribution is 2.30. The molecule has 1 saturated carbocycles. The molecule has 18 heavy (non-hydrogen) atoms. The van der Waals surface area contributed by atoms with Crippen LogP contribution in [0.3, 0.4) is 0 Å². The van der Waals surface area contributed by atoms with Crippen LogP contribution in [0, 0.1) is 5.92 Å². The van der Waals surface area contributed by atoms with Crippen LogP contribution in [0.5, 0.6) is 0 Å². The highest BCUT2D eigenvalue weighted by atomic mass is 32.2. The van der Waals surface area contributed by atoms with Crippen LogP contribution in [0.2, 0.25) is 0 Å². The quantitative estimate of drug-likeness (QED) is 0.771. The van der Waals surface area contributed by atoms with Crippen molar-refractivity contribution in [2.45, 2.75) is 50.2 Å². The van der Waals surface area contributed by atoms with E-state index in [1.165, 1.54) is 0 Å². The van der Waals surface area contributed by atoms with Gasteiger partial charge in [0.25, 0.3) is 0 Å². The summed E-state index contributed by atoms with van der Waals surface area (Å²) < 4.78 is 0. The van der Waals surface area contributed by atoms with Gasteiger partial charge in [-0.1, -0.05) is 31.0 Å². The smallest absolute Gasteiger partial charge is 0.317 e. The Kier molecular flexibility index (Phi) is 6.18.